The Bertz CT molecular complexity index is 2290. The second kappa shape index (κ2) is 12.0. The van der Waals surface area contributed by atoms with Crippen LogP contribution >= 0.6 is 0 Å². The maximum atomic E-state index is 7.78. The molecule has 0 aliphatic carbocycles. The molecule has 0 radical (unpaired) electrons. The van der Waals surface area contributed by atoms with Crippen LogP contribution in [0.3, 0.4) is 0 Å². The summed E-state index contributed by atoms with van der Waals surface area (Å²) in [5, 5.41) is 2.44. The van der Waals surface area contributed by atoms with Gasteiger partial charge in [-0.3, -0.25) is 0 Å². The Kier molecular flexibility index (Phi) is 7.74. The third-order valence-electron chi connectivity index (χ3n) is 9.54. The third kappa shape index (κ3) is 5.21. The van der Waals surface area contributed by atoms with Crippen molar-refractivity contribution in [3.63, 3.8) is 0 Å². The Morgan fingerprint density at radius 2 is 1.23 bits per heavy atom. The van der Waals surface area contributed by atoms with Crippen molar-refractivity contribution in [3.05, 3.63) is 149 Å². The van der Waals surface area contributed by atoms with E-state index in [1.54, 1.807) is 0 Å². The highest BCUT2D eigenvalue weighted by Gasteiger charge is 2.33. The van der Waals surface area contributed by atoms with Crippen molar-refractivity contribution in [2.24, 2.45) is 7.05 Å². The molecule has 0 fully saturated rings. The molecule has 7 rings (SSSR count). The minimum atomic E-state index is 0.276. The van der Waals surface area contributed by atoms with Crippen LogP contribution in [-0.4, -0.2) is 4.57 Å². The minimum absolute atomic E-state index is 0.276. The summed E-state index contributed by atoms with van der Waals surface area (Å²) in [6.07, 6.45) is 0. The van der Waals surface area contributed by atoms with Gasteiger partial charge in [0.2, 0.25) is 0 Å². The highest BCUT2D eigenvalue weighted by molar-refractivity contribution is 5.98. The number of aromatic nitrogens is 2. The Morgan fingerprint density at radius 3 is 1.87 bits per heavy atom. The first-order chi connectivity index (χ1) is 22.8. The lowest BCUT2D eigenvalue weighted by atomic mass is 9.87. The topological polar surface area (TPSA) is 13.2 Å². The van der Waals surface area contributed by atoms with Crippen molar-refractivity contribution in [1.82, 2.24) is 4.57 Å². The lowest BCUT2D eigenvalue weighted by Gasteiger charge is -2.21. The maximum absolute atomic E-state index is 7.78. The molecule has 3 nitrogen and oxygen atoms in total. The van der Waals surface area contributed by atoms with Gasteiger partial charge >= 0.3 is 0 Å². The summed E-state index contributed by atoms with van der Waals surface area (Å²) in [4.78, 5) is 3.80. The Balaban J connectivity index is 1.54. The predicted octanol–water partition coefficient (Wildman–Crippen LogP) is 11.7. The number of hydrogen-bond acceptors (Lipinski definition) is 0. The lowest BCUT2D eigenvalue weighted by molar-refractivity contribution is -0.633. The van der Waals surface area contributed by atoms with E-state index < -0.39 is 0 Å². The van der Waals surface area contributed by atoms with Gasteiger partial charge in [0, 0.05) is 11.1 Å². The monoisotopic (exact) mass is 610 g/mol. The Morgan fingerprint density at radius 1 is 0.638 bits per heavy atom. The number of hydrogen-bond donors (Lipinski definition) is 0. The smallest absolute Gasteiger partial charge is 0.238 e. The molecule has 0 saturated carbocycles. The zero-order valence-corrected chi connectivity index (χ0v) is 28.0. The molecule has 0 atom stereocenters. The highest BCUT2D eigenvalue weighted by Crippen LogP contribution is 2.42. The number of fused-ring (bicyclic) bond motifs is 2. The number of aryl methyl sites for hydroxylation is 2. The van der Waals surface area contributed by atoms with Gasteiger partial charge in [0.1, 0.15) is 5.69 Å². The van der Waals surface area contributed by atoms with Crippen LogP contribution in [0.1, 0.15) is 56.2 Å². The van der Waals surface area contributed by atoms with Gasteiger partial charge in [-0.15, -0.1) is 0 Å². The molecule has 7 aromatic rings. The molecule has 0 unspecified atom stereocenters. The largest absolute Gasteiger partial charge is 0.295 e. The average molecular weight is 611 g/mol. The first-order valence-electron chi connectivity index (χ1n) is 16.5. The molecule has 0 bridgehead atoms. The highest BCUT2D eigenvalue weighted by atomic mass is 15.2. The van der Waals surface area contributed by atoms with Crippen LogP contribution in [0.5, 0.6) is 0 Å². The van der Waals surface area contributed by atoms with Gasteiger partial charge in [-0.2, -0.15) is 4.57 Å². The van der Waals surface area contributed by atoms with Crippen LogP contribution < -0.4 is 4.57 Å². The van der Waals surface area contributed by atoms with Crippen LogP contribution in [0.2, 0.25) is 0 Å². The first-order valence-corrected chi connectivity index (χ1v) is 16.5. The molecule has 0 spiro atoms. The molecule has 3 heteroatoms. The van der Waals surface area contributed by atoms with Gasteiger partial charge in [-0.05, 0) is 81.6 Å². The third-order valence-corrected chi connectivity index (χ3v) is 9.54. The predicted molar refractivity (Wildman–Crippen MR) is 197 cm³/mol. The maximum Gasteiger partial charge on any atom is 0.295 e. The van der Waals surface area contributed by atoms with E-state index in [9.17, 15) is 0 Å². The van der Waals surface area contributed by atoms with Crippen molar-refractivity contribution >= 4 is 27.5 Å². The molecule has 6 aromatic carbocycles. The summed E-state index contributed by atoms with van der Waals surface area (Å²) in [6, 6.07) is 43.6. The van der Waals surface area contributed by atoms with E-state index in [-0.39, 0.29) is 11.8 Å². The molecule has 0 amide bonds. The normalized spacial score (nSPS) is 11.6. The van der Waals surface area contributed by atoms with Crippen LogP contribution in [-0.2, 0) is 7.05 Å². The van der Waals surface area contributed by atoms with Crippen LogP contribution in [0.25, 0.3) is 66.0 Å². The van der Waals surface area contributed by atoms with Gasteiger partial charge in [0.15, 0.2) is 16.7 Å². The second-order valence-corrected chi connectivity index (χ2v) is 13.2. The van der Waals surface area contributed by atoms with Crippen molar-refractivity contribution in [2.45, 2.75) is 46.5 Å². The molecule has 0 N–H and O–H groups in total. The van der Waals surface area contributed by atoms with Crippen LogP contribution in [0.4, 0.5) is 5.69 Å². The second-order valence-electron chi connectivity index (χ2n) is 13.2. The zero-order chi connectivity index (χ0) is 32.8. The Labute approximate surface area is 278 Å². The molecule has 1 aromatic heterocycles. The minimum Gasteiger partial charge on any atom is -0.238 e. The van der Waals surface area contributed by atoms with Gasteiger partial charge in [-0.1, -0.05) is 125 Å². The molecule has 0 aliphatic heterocycles. The number of nitrogens with zero attached hydrogens (tertiary/aromatic N) is 3. The van der Waals surface area contributed by atoms with Crippen molar-refractivity contribution in [1.29, 1.82) is 0 Å². The van der Waals surface area contributed by atoms with Gasteiger partial charge in [-0.25, -0.2) is 9.41 Å². The lowest BCUT2D eigenvalue weighted by Crippen LogP contribution is -2.30. The number of benzene rings is 6. The van der Waals surface area contributed by atoms with Crippen molar-refractivity contribution < 1.29 is 4.57 Å². The fraction of sp³-hybridized carbons (Fsp3) is 0.182. The van der Waals surface area contributed by atoms with Gasteiger partial charge in [0.25, 0.3) is 5.82 Å². The average Bonchev–Trinajstić information content (AvgIpc) is 3.38. The van der Waals surface area contributed by atoms with E-state index in [1.165, 1.54) is 61.0 Å². The van der Waals surface area contributed by atoms with Crippen molar-refractivity contribution in [3.8, 4) is 39.3 Å². The molecule has 1 heterocycles. The molecule has 0 aliphatic rings. The van der Waals surface area contributed by atoms with E-state index in [4.69, 9.17) is 6.57 Å². The summed E-state index contributed by atoms with van der Waals surface area (Å²) < 4.78 is 4.79. The molecule has 230 valence electrons. The SMILES string of the molecule is [C-]#[N+]c1ccc2c(c1)[n+](C)c(-c1c(C)ccc3ccccc13)n2-c1c(C(C)C)cc(-c2ccc(-c3ccccc3)cc2)cc1C(C)C. The van der Waals surface area contributed by atoms with Crippen LogP contribution in [0, 0.1) is 13.5 Å². The summed E-state index contributed by atoms with van der Waals surface area (Å²) in [7, 11) is 2.15. The van der Waals surface area contributed by atoms with Gasteiger partial charge < -0.3 is 0 Å². The van der Waals surface area contributed by atoms with E-state index in [0.29, 0.717) is 5.69 Å². The fourth-order valence-electron chi connectivity index (χ4n) is 7.07. The van der Waals surface area contributed by atoms with Gasteiger partial charge in [0.05, 0.1) is 19.2 Å². The summed E-state index contributed by atoms with van der Waals surface area (Å²) in [5.74, 6) is 1.68. The molecule has 47 heavy (non-hydrogen) atoms. The van der Waals surface area contributed by atoms with E-state index in [2.05, 4.69) is 165 Å². The first kappa shape index (κ1) is 30.2. The standard InChI is InChI=1S/C44H40N3/c1-28(2)38-25-35(33-21-19-32(20-22-33)31-13-9-8-10-14-31)26-39(29(3)4)43(38)47-40-24-23-36(45-6)27-41(40)46(7)44(47)42-30(5)17-18-34-15-11-12-16-37(34)42/h8-29H,1-5,7H3/q+1. The number of rotatable bonds is 6. The molecular formula is C44H40N3+. The van der Waals surface area contributed by atoms with E-state index >= 15 is 0 Å². The van der Waals surface area contributed by atoms with Crippen molar-refractivity contribution in [2.75, 3.05) is 0 Å². The van der Waals surface area contributed by atoms with E-state index in [1.807, 2.05) is 12.1 Å². The number of imidazole rings is 1. The molecule has 0 saturated heterocycles. The van der Waals surface area contributed by atoms with E-state index in [0.717, 1.165) is 16.9 Å². The Hall–Kier alpha value is -5.46. The van der Waals surface area contributed by atoms with Crippen LogP contribution in [0.15, 0.2) is 121 Å². The molecular weight excluding hydrogens is 571 g/mol. The quantitative estimate of drug-likeness (QED) is 0.131. The summed E-state index contributed by atoms with van der Waals surface area (Å²) >= 11 is 0. The summed E-state index contributed by atoms with van der Waals surface area (Å²) in [6.45, 7) is 19.2. The zero-order valence-electron chi connectivity index (χ0n) is 28.0. The summed E-state index contributed by atoms with van der Waals surface area (Å²) in [5.41, 5.74) is 14.0. The fourth-order valence-corrected chi connectivity index (χ4v) is 7.07.